The first kappa shape index (κ1) is 17.0. The standard InChI is InChI=1S/C19H19N5O/c1-2-6-14-15(13-7-4-3-5-8-13)18(11-21,12-22)17(10-20)9-19(14,23)24-16(17)25/h3-5,7-8,14-15H,2,6,9,23H2,1H3,(H,24,25)/t14-,15-,17-,19-/m1/s1. The lowest BCUT2D eigenvalue weighted by molar-refractivity contribution is -0.128. The van der Waals surface area contributed by atoms with Crippen molar-refractivity contribution in [2.75, 3.05) is 0 Å². The van der Waals surface area contributed by atoms with E-state index in [1.54, 1.807) is 0 Å². The van der Waals surface area contributed by atoms with Crippen LogP contribution in [0.15, 0.2) is 30.3 Å². The number of nitrogens with one attached hydrogen (secondary N) is 1. The van der Waals surface area contributed by atoms with E-state index in [0.717, 1.165) is 12.0 Å². The average Bonchev–Trinajstić information content (AvgIpc) is 2.88. The van der Waals surface area contributed by atoms with Gasteiger partial charge in [0.25, 0.3) is 0 Å². The van der Waals surface area contributed by atoms with E-state index in [2.05, 4.69) is 17.5 Å². The summed E-state index contributed by atoms with van der Waals surface area (Å²) in [6.07, 6.45) is 1.41. The van der Waals surface area contributed by atoms with E-state index in [4.69, 9.17) is 5.73 Å². The number of nitriles is 3. The summed E-state index contributed by atoms with van der Waals surface area (Å²) in [6.45, 7) is 1.99. The number of hydrogen-bond donors (Lipinski definition) is 2. The summed E-state index contributed by atoms with van der Waals surface area (Å²) in [7, 11) is 0. The highest BCUT2D eigenvalue weighted by atomic mass is 16.2. The molecule has 2 bridgehead atoms. The van der Waals surface area contributed by atoms with Gasteiger partial charge in [0.1, 0.15) is 0 Å². The number of nitrogens with zero attached hydrogens (tertiary/aromatic N) is 3. The third-order valence-corrected chi connectivity index (χ3v) is 5.80. The second kappa shape index (κ2) is 5.59. The van der Waals surface area contributed by atoms with Gasteiger partial charge in [0, 0.05) is 18.3 Å². The minimum Gasteiger partial charge on any atom is -0.336 e. The molecular weight excluding hydrogens is 314 g/mol. The fourth-order valence-corrected chi connectivity index (χ4v) is 4.70. The Kier molecular flexibility index (Phi) is 3.79. The lowest BCUT2D eigenvalue weighted by atomic mass is 9.47. The number of benzene rings is 1. The summed E-state index contributed by atoms with van der Waals surface area (Å²) < 4.78 is 0. The summed E-state index contributed by atoms with van der Waals surface area (Å²) in [4.78, 5) is 12.8. The van der Waals surface area contributed by atoms with Crippen LogP contribution < -0.4 is 11.1 Å². The molecule has 0 aromatic heterocycles. The van der Waals surface area contributed by atoms with Crippen LogP contribution in [-0.4, -0.2) is 11.6 Å². The highest BCUT2D eigenvalue weighted by Gasteiger charge is 2.76. The van der Waals surface area contributed by atoms with Crippen LogP contribution >= 0.6 is 0 Å². The van der Waals surface area contributed by atoms with Crippen LogP contribution in [0.4, 0.5) is 0 Å². The van der Waals surface area contributed by atoms with E-state index >= 15 is 0 Å². The van der Waals surface area contributed by atoms with E-state index in [1.807, 2.05) is 43.3 Å². The lowest BCUT2D eigenvalue weighted by Crippen LogP contribution is -2.62. The Balaban J connectivity index is 2.35. The smallest absolute Gasteiger partial charge is 0.244 e. The summed E-state index contributed by atoms with van der Waals surface area (Å²) in [6, 6.07) is 15.3. The number of carbonyl (C=O) groups is 1. The molecule has 3 N–H and O–H groups in total. The Labute approximate surface area is 146 Å². The summed E-state index contributed by atoms with van der Waals surface area (Å²) in [5.74, 6) is -1.55. The van der Waals surface area contributed by atoms with E-state index in [1.165, 1.54) is 0 Å². The first-order valence-corrected chi connectivity index (χ1v) is 8.35. The topological polar surface area (TPSA) is 126 Å². The van der Waals surface area contributed by atoms with Crippen molar-refractivity contribution in [2.24, 2.45) is 22.5 Å². The Morgan fingerprint density at radius 2 is 1.84 bits per heavy atom. The molecule has 1 heterocycles. The second-order valence-electron chi connectivity index (χ2n) is 7.00. The average molecular weight is 333 g/mol. The highest BCUT2D eigenvalue weighted by Crippen LogP contribution is 2.64. The van der Waals surface area contributed by atoms with Crippen LogP contribution in [0.25, 0.3) is 0 Å². The van der Waals surface area contributed by atoms with Crippen molar-refractivity contribution >= 4 is 5.91 Å². The first-order chi connectivity index (χ1) is 11.9. The largest absolute Gasteiger partial charge is 0.336 e. The molecule has 0 radical (unpaired) electrons. The normalized spacial score (nSPS) is 35.1. The zero-order valence-electron chi connectivity index (χ0n) is 14.0. The zero-order valence-corrected chi connectivity index (χ0v) is 14.0. The number of nitrogens with two attached hydrogens (primary N) is 1. The quantitative estimate of drug-likeness (QED) is 0.873. The SMILES string of the molecule is CCC[C@@H]1[C@@H](c2ccccc2)C(C#N)(C#N)[C@@]2(C#N)C[C@@]1(N)NC2=O. The van der Waals surface area contributed by atoms with E-state index in [9.17, 15) is 20.6 Å². The molecule has 1 saturated carbocycles. The molecule has 1 aliphatic carbocycles. The molecule has 1 aliphatic heterocycles. The number of amides is 1. The number of fused-ring (bicyclic) bond motifs is 2. The molecule has 4 atom stereocenters. The van der Waals surface area contributed by atoms with Gasteiger partial charge < -0.3 is 11.1 Å². The Morgan fingerprint density at radius 3 is 2.36 bits per heavy atom. The fraction of sp³-hybridized carbons (Fsp3) is 0.474. The molecule has 3 rings (SSSR count). The van der Waals surface area contributed by atoms with Crippen molar-refractivity contribution in [3.05, 3.63) is 35.9 Å². The maximum absolute atomic E-state index is 12.8. The van der Waals surface area contributed by atoms with Crippen LogP contribution in [0.1, 0.15) is 37.7 Å². The van der Waals surface area contributed by atoms with Crippen LogP contribution in [0, 0.1) is 50.7 Å². The third kappa shape index (κ3) is 1.94. The highest BCUT2D eigenvalue weighted by molar-refractivity contribution is 5.92. The molecule has 6 nitrogen and oxygen atoms in total. The van der Waals surface area contributed by atoms with Gasteiger partial charge in [-0.15, -0.1) is 0 Å². The van der Waals surface area contributed by atoms with Gasteiger partial charge in [0.15, 0.2) is 10.8 Å². The van der Waals surface area contributed by atoms with Crippen molar-refractivity contribution < 1.29 is 4.79 Å². The maximum atomic E-state index is 12.8. The minimum atomic E-state index is -1.79. The Bertz CT molecular complexity index is 816. The van der Waals surface area contributed by atoms with Gasteiger partial charge in [0.05, 0.1) is 23.9 Å². The van der Waals surface area contributed by atoms with Crippen LogP contribution in [-0.2, 0) is 4.79 Å². The number of rotatable bonds is 3. The minimum absolute atomic E-state index is 0.0234. The molecule has 1 saturated heterocycles. The molecule has 1 aromatic carbocycles. The summed E-state index contributed by atoms with van der Waals surface area (Å²) in [5, 5.41) is 32.7. The fourth-order valence-electron chi connectivity index (χ4n) is 4.70. The molecule has 25 heavy (non-hydrogen) atoms. The van der Waals surface area contributed by atoms with E-state index in [0.29, 0.717) is 6.42 Å². The first-order valence-electron chi connectivity index (χ1n) is 8.35. The van der Waals surface area contributed by atoms with Crippen molar-refractivity contribution in [1.29, 1.82) is 15.8 Å². The van der Waals surface area contributed by atoms with Crippen molar-refractivity contribution in [2.45, 2.75) is 37.8 Å². The van der Waals surface area contributed by atoms with Gasteiger partial charge in [-0.05, 0) is 12.0 Å². The molecule has 0 spiro atoms. The van der Waals surface area contributed by atoms with Gasteiger partial charge in [-0.1, -0.05) is 43.7 Å². The number of hydrogen-bond acceptors (Lipinski definition) is 5. The van der Waals surface area contributed by atoms with Crippen LogP contribution in [0.3, 0.4) is 0 Å². The zero-order chi connectivity index (χ0) is 18.3. The van der Waals surface area contributed by atoms with Crippen molar-refractivity contribution in [3.8, 4) is 18.2 Å². The Hall–Kier alpha value is -2.88. The summed E-state index contributed by atoms with van der Waals surface area (Å²) >= 11 is 0. The maximum Gasteiger partial charge on any atom is 0.244 e. The molecule has 0 unspecified atom stereocenters. The molecule has 126 valence electrons. The van der Waals surface area contributed by atoms with Crippen molar-refractivity contribution in [1.82, 2.24) is 5.32 Å². The predicted molar refractivity (Wildman–Crippen MR) is 89.0 cm³/mol. The molecule has 1 amide bonds. The molecule has 2 aliphatic rings. The van der Waals surface area contributed by atoms with Gasteiger partial charge in [-0.25, -0.2) is 0 Å². The van der Waals surface area contributed by atoms with Crippen LogP contribution in [0.2, 0.25) is 0 Å². The van der Waals surface area contributed by atoms with Crippen molar-refractivity contribution in [3.63, 3.8) is 0 Å². The van der Waals surface area contributed by atoms with E-state index < -0.39 is 28.3 Å². The molecular formula is C19H19N5O. The summed E-state index contributed by atoms with van der Waals surface area (Å²) in [5.41, 5.74) is 2.65. The predicted octanol–water partition coefficient (Wildman–Crippen LogP) is 1.92. The van der Waals surface area contributed by atoms with Gasteiger partial charge in [0.2, 0.25) is 5.91 Å². The van der Waals surface area contributed by atoms with Gasteiger partial charge in [-0.3, -0.25) is 4.79 Å². The Morgan fingerprint density at radius 1 is 1.20 bits per heavy atom. The van der Waals surface area contributed by atoms with Gasteiger partial charge in [-0.2, -0.15) is 15.8 Å². The lowest BCUT2D eigenvalue weighted by Gasteiger charge is -2.50. The third-order valence-electron chi connectivity index (χ3n) is 5.80. The van der Waals surface area contributed by atoms with E-state index in [-0.39, 0.29) is 12.3 Å². The second-order valence-corrected chi connectivity index (χ2v) is 7.00. The molecule has 1 aromatic rings. The van der Waals surface area contributed by atoms with Crippen LogP contribution in [0.5, 0.6) is 0 Å². The van der Waals surface area contributed by atoms with Gasteiger partial charge >= 0.3 is 0 Å². The molecule has 6 heteroatoms. The monoisotopic (exact) mass is 333 g/mol. The molecule has 2 fully saturated rings. The number of carbonyl (C=O) groups excluding carboxylic acids is 1.